The molecule has 0 aromatic rings. The Morgan fingerprint density at radius 2 is 2.36 bits per heavy atom. The van der Waals surface area contributed by atoms with E-state index in [1.807, 2.05) is 13.8 Å². The van der Waals surface area contributed by atoms with Crippen molar-refractivity contribution in [3.05, 3.63) is 0 Å². The molecule has 0 amide bonds. The first-order valence-corrected chi connectivity index (χ1v) is 3.67. The number of nitrogens with zero attached hydrogens (tertiary/aromatic N) is 2. The third-order valence-corrected chi connectivity index (χ3v) is 1.40. The molecule has 4 nitrogen and oxygen atoms in total. The van der Waals surface area contributed by atoms with Crippen molar-refractivity contribution in [3.63, 3.8) is 0 Å². The molecule has 1 aliphatic heterocycles. The molecule has 0 fully saturated rings. The zero-order valence-electron chi connectivity index (χ0n) is 6.76. The van der Waals surface area contributed by atoms with Crippen molar-refractivity contribution >= 4 is 5.84 Å². The Hall–Kier alpha value is -0.840. The van der Waals surface area contributed by atoms with Crippen LogP contribution >= 0.6 is 0 Å². The smallest absolute Gasteiger partial charge is 0.142 e. The van der Waals surface area contributed by atoms with Gasteiger partial charge in [-0.25, -0.2) is 9.93 Å². The van der Waals surface area contributed by atoms with Crippen molar-refractivity contribution in [2.75, 3.05) is 13.2 Å². The Labute approximate surface area is 65.4 Å². The highest BCUT2D eigenvalue weighted by atomic mass is 19.1. The average Bonchev–Trinajstić information content (AvgIpc) is 2.37. The number of halogens is 1. The van der Waals surface area contributed by atoms with Gasteiger partial charge in [-0.3, -0.25) is 5.43 Å². The van der Waals surface area contributed by atoms with Crippen molar-refractivity contribution in [1.29, 1.82) is 0 Å². The van der Waals surface area contributed by atoms with E-state index < -0.39 is 0 Å². The molecule has 5 heteroatoms. The second kappa shape index (κ2) is 3.52. The SMILES string of the molecule is CC(C)C1=NNN(CCF)N1. The maximum Gasteiger partial charge on any atom is 0.142 e. The Bertz CT molecular complexity index is 157. The number of hydrazine groups is 2. The van der Waals surface area contributed by atoms with Crippen LogP contribution in [0, 0.1) is 5.92 Å². The third-order valence-electron chi connectivity index (χ3n) is 1.40. The van der Waals surface area contributed by atoms with E-state index in [1.54, 1.807) is 0 Å². The standard InChI is InChI=1S/C6H13FN4/c1-5(2)6-8-10-11(9-6)4-3-7/h5,10H,3-4H2,1-2H3,(H,8,9). The van der Waals surface area contributed by atoms with Gasteiger partial charge in [0.05, 0.1) is 6.54 Å². The normalized spacial score (nSPS) is 18.0. The molecule has 0 aromatic carbocycles. The number of nitrogens with one attached hydrogen (secondary N) is 2. The van der Waals surface area contributed by atoms with Crippen molar-refractivity contribution < 1.29 is 4.39 Å². The summed E-state index contributed by atoms with van der Waals surface area (Å²) in [7, 11) is 0. The van der Waals surface area contributed by atoms with Gasteiger partial charge in [-0.05, 0) is 0 Å². The molecule has 0 saturated carbocycles. The number of hydrogen-bond donors (Lipinski definition) is 2. The van der Waals surface area contributed by atoms with E-state index in [1.165, 1.54) is 5.12 Å². The van der Waals surface area contributed by atoms with Crippen LogP contribution in [0.15, 0.2) is 5.10 Å². The quantitative estimate of drug-likeness (QED) is 0.621. The lowest BCUT2D eigenvalue weighted by Crippen LogP contribution is -2.43. The second-order valence-corrected chi connectivity index (χ2v) is 2.70. The van der Waals surface area contributed by atoms with Gasteiger partial charge in [-0.15, -0.1) is 10.2 Å². The summed E-state index contributed by atoms with van der Waals surface area (Å²) in [5.74, 6) is 1.19. The third kappa shape index (κ3) is 2.04. The summed E-state index contributed by atoms with van der Waals surface area (Å²) in [4.78, 5) is 0. The van der Waals surface area contributed by atoms with E-state index in [2.05, 4.69) is 16.1 Å². The molecule has 0 aliphatic carbocycles. The zero-order valence-corrected chi connectivity index (χ0v) is 6.76. The van der Waals surface area contributed by atoms with Gasteiger partial charge in [0.25, 0.3) is 0 Å². The van der Waals surface area contributed by atoms with Gasteiger partial charge in [0, 0.05) is 5.92 Å². The minimum Gasteiger partial charge on any atom is -0.286 e. The van der Waals surface area contributed by atoms with Crippen molar-refractivity contribution in [2.45, 2.75) is 13.8 Å². The minimum atomic E-state index is -0.388. The molecule has 0 bridgehead atoms. The predicted molar refractivity (Wildman–Crippen MR) is 41.2 cm³/mol. The summed E-state index contributed by atoms with van der Waals surface area (Å²) in [5.41, 5.74) is 5.58. The summed E-state index contributed by atoms with van der Waals surface area (Å²) in [6.07, 6.45) is 0. The molecule has 0 saturated heterocycles. The lowest BCUT2D eigenvalue weighted by atomic mass is 10.2. The van der Waals surface area contributed by atoms with Gasteiger partial charge in [0.1, 0.15) is 12.5 Å². The molecular formula is C6H13FN4. The van der Waals surface area contributed by atoms with Gasteiger partial charge in [0.2, 0.25) is 0 Å². The maximum atomic E-state index is 11.8. The molecule has 0 unspecified atom stereocenters. The molecule has 11 heavy (non-hydrogen) atoms. The number of rotatable bonds is 3. The molecule has 0 radical (unpaired) electrons. The first-order valence-electron chi connectivity index (χ1n) is 3.67. The zero-order chi connectivity index (χ0) is 8.27. The largest absolute Gasteiger partial charge is 0.286 e. The highest BCUT2D eigenvalue weighted by Gasteiger charge is 2.15. The summed E-state index contributed by atoms with van der Waals surface area (Å²) < 4.78 is 11.8. The van der Waals surface area contributed by atoms with Crippen LogP contribution in [0.4, 0.5) is 4.39 Å². The Balaban J connectivity index is 2.31. The van der Waals surface area contributed by atoms with E-state index in [9.17, 15) is 4.39 Å². The van der Waals surface area contributed by atoms with E-state index in [0.717, 1.165) is 5.84 Å². The number of hydrogen-bond acceptors (Lipinski definition) is 4. The first-order chi connectivity index (χ1) is 5.24. The maximum absolute atomic E-state index is 11.8. The Kier molecular flexibility index (Phi) is 2.64. The van der Waals surface area contributed by atoms with Crippen molar-refractivity contribution in [1.82, 2.24) is 16.1 Å². The second-order valence-electron chi connectivity index (χ2n) is 2.70. The van der Waals surface area contributed by atoms with Crippen LogP contribution in [0.2, 0.25) is 0 Å². The summed E-state index contributed by atoms with van der Waals surface area (Å²) in [5, 5.41) is 5.47. The lowest BCUT2D eigenvalue weighted by molar-refractivity contribution is 0.163. The van der Waals surface area contributed by atoms with E-state index in [-0.39, 0.29) is 6.67 Å². The van der Waals surface area contributed by atoms with Gasteiger partial charge in [0.15, 0.2) is 0 Å². The number of alkyl halides is 1. The van der Waals surface area contributed by atoms with Gasteiger partial charge in [-0.2, -0.15) is 0 Å². The van der Waals surface area contributed by atoms with Crippen LogP contribution in [-0.4, -0.2) is 24.2 Å². The van der Waals surface area contributed by atoms with Gasteiger partial charge in [-0.1, -0.05) is 13.8 Å². The topological polar surface area (TPSA) is 39.7 Å². The molecular weight excluding hydrogens is 147 g/mol. The first kappa shape index (κ1) is 8.26. The van der Waals surface area contributed by atoms with Crippen LogP contribution < -0.4 is 11.0 Å². The summed E-state index contributed by atoms with van der Waals surface area (Å²) >= 11 is 0. The van der Waals surface area contributed by atoms with Crippen LogP contribution in [0.3, 0.4) is 0 Å². The Morgan fingerprint density at radius 1 is 1.64 bits per heavy atom. The fraction of sp³-hybridized carbons (Fsp3) is 0.833. The van der Waals surface area contributed by atoms with Gasteiger partial charge >= 0.3 is 0 Å². The van der Waals surface area contributed by atoms with Crippen molar-refractivity contribution in [3.8, 4) is 0 Å². The fourth-order valence-electron chi connectivity index (χ4n) is 0.751. The molecule has 0 aromatic heterocycles. The highest BCUT2D eigenvalue weighted by Crippen LogP contribution is 1.98. The average molecular weight is 160 g/mol. The summed E-state index contributed by atoms with van der Waals surface area (Å²) in [6, 6.07) is 0. The molecule has 2 N–H and O–H groups in total. The predicted octanol–water partition coefficient (Wildman–Crippen LogP) is 0.250. The minimum absolute atomic E-state index is 0.305. The molecule has 0 spiro atoms. The Morgan fingerprint density at radius 3 is 2.82 bits per heavy atom. The van der Waals surface area contributed by atoms with Crippen LogP contribution in [0.25, 0.3) is 0 Å². The van der Waals surface area contributed by atoms with Crippen LogP contribution in [0.5, 0.6) is 0 Å². The monoisotopic (exact) mass is 160 g/mol. The van der Waals surface area contributed by atoms with E-state index in [4.69, 9.17) is 0 Å². The highest BCUT2D eigenvalue weighted by molar-refractivity contribution is 5.84. The lowest BCUT2D eigenvalue weighted by Gasteiger charge is -2.13. The molecule has 1 heterocycles. The molecule has 0 atom stereocenters. The van der Waals surface area contributed by atoms with E-state index in [0.29, 0.717) is 12.5 Å². The summed E-state index contributed by atoms with van der Waals surface area (Å²) in [6.45, 7) is 3.96. The van der Waals surface area contributed by atoms with Crippen LogP contribution in [0.1, 0.15) is 13.8 Å². The fourth-order valence-corrected chi connectivity index (χ4v) is 0.751. The molecule has 64 valence electrons. The number of amidine groups is 1. The molecule has 1 aliphatic rings. The van der Waals surface area contributed by atoms with E-state index >= 15 is 0 Å². The van der Waals surface area contributed by atoms with Gasteiger partial charge < -0.3 is 0 Å². The van der Waals surface area contributed by atoms with Crippen LogP contribution in [-0.2, 0) is 0 Å². The molecule has 1 rings (SSSR count). The number of hydrazone groups is 1. The van der Waals surface area contributed by atoms with Crippen molar-refractivity contribution in [2.24, 2.45) is 11.0 Å².